The van der Waals surface area contributed by atoms with Gasteiger partial charge < -0.3 is 20.1 Å². The Morgan fingerprint density at radius 3 is 2.31 bits per heavy atom. The smallest absolute Gasteiger partial charge is 0.334 e. The van der Waals surface area contributed by atoms with Crippen molar-refractivity contribution in [2.24, 2.45) is 34.5 Å². The molecule has 0 aromatic heterocycles. The number of aliphatic hydroxyl groups is 3. The van der Waals surface area contributed by atoms with Crippen LogP contribution in [0.5, 0.6) is 0 Å². The zero-order valence-corrected chi connectivity index (χ0v) is 19.2. The van der Waals surface area contributed by atoms with Crippen LogP contribution in [0.25, 0.3) is 0 Å². The molecule has 2 bridgehead atoms. The number of hydrogen-bond acceptors (Lipinski definition) is 6. The summed E-state index contributed by atoms with van der Waals surface area (Å²) >= 11 is 0. The summed E-state index contributed by atoms with van der Waals surface area (Å²) in [6.07, 6.45) is 3.04. The van der Waals surface area contributed by atoms with Gasteiger partial charge in [-0.3, -0.25) is 4.79 Å². The second kappa shape index (κ2) is 10.3. The lowest BCUT2D eigenvalue weighted by Crippen LogP contribution is -2.65. The van der Waals surface area contributed by atoms with Gasteiger partial charge >= 0.3 is 5.97 Å². The minimum atomic E-state index is -2.08. The third-order valence-electron chi connectivity index (χ3n) is 8.88. The molecule has 3 N–H and O–H groups in total. The van der Waals surface area contributed by atoms with Crippen molar-refractivity contribution < 1.29 is 29.6 Å². The van der Waals surface area contributed by atoms with Crippen LogP contribution in [0.3, 0.4) is 0 Å². The fourth-order valence-corrected chi connectivity index (χ4v) is 6.91. The van der Waals surface area contributed by atoms with Gasteiger partial charge in [-0.05, 0) is 61.5 Å². The highest BCUT2D eigenvalue weighted by molar-refractivity contribution is 5.96. The van der Waals surface area contributed by atoms with E-state index < -0.39 is 41.7 Å². The second-order valence-electron chi connectivity index (χ2n) is 10.6. The summed E-state index contributed by atoms with van der Waals surface area (Å²) in [5, 5.41) is 33.7. The molecule has 2 fully saturated rings. The zero-order valence-electron chi connectivity index (χ0n) is 19.2. The number of aliphatic hydroxyl groups excluding tert-OH is 2. The van der Waals surface area contributed by atoms with Crippen LogP contribution in [-0.2, 0) is 14.3 Å². The number of ether oxygens (including phenoxy) is 1. The van der Waals surface area contributed by atoms with Gasteiger partial charge in [-0.15, -0.1) is 0 Å². The number of rotatable bonds is 3. The number of esters is 1. The third-order valence-corrected chi connectivity index (χ3v) is 8.88. The van der Waals surface area contributed by atoms with E-state index in [-0.39, 0.29) is 58.3 Å². The van der Waals surface area contributed by atoms with Crippen LogP contribution in [0.4, 0.5) is 0 Å². The number of hydrogen-bond donors (Lipinski definition) is 3. The standard InChI is InChI=1S/C25H34O6.4CH4/c1-7-12(2)22(29)31-21-13(3)10-24-14(4)8-17-18(23(17,5)6)16(20(24)28)9-15(11-26)19(27)25(21,24)30;;;;/h7,9-10,14,16-19,21,26-27,30H,8,11H2,1-6H3;4*1H4/b12-7-;;;;/t14-,16+,17-,18+,19-,21+,24+,25+;;;;/m1..../s1. The first-order valence-electron chi connectivity index (χ1n) is 11.2. The van der Waals surface area contributed by atoms with E-state index in [4.69, 9.17) is 4.74 Å². The van der Waals surface area contributed by atoms with E-state index in [0.29, 0.717) is 17.1 Å². The monoisotopic (exact) mass is 494 g/mol. The number of carbonyl (C=O) groups excluding carboxylic acids is 2. The van der Waals surface area contributed by atoms with Crippen LogP contribution >= 0.6 is 0 Å². The van der Waals surface area contributed by atoms with Crippen molar-refractivity contribution in [3.8, 4) is 0 Å². The van der Waals surface area contributed by atoms with Gasteiger partial charge in [-0.1, -0.05) is 68.7 Å². The first kappa shape index (κ1) is 33.2. The van der Waals surface area contributed by atoms with E-state index in [1.165, 1.54) is 0 Å². The zero-order chi connectivity index (χ0) is 23.1. The lowest BCUT2D eigenvalue weighted by Gasteiger charge is -2.48. The molecule has 4 aliphatic rings. The van der Waals surface area contributed by atoms with Crippen LogP contribution < -0.4 is 0 Å². The van der Waals surface area contributed by atoms with Crippen LogP contribution in [0, 0.1) is 34.5 Å². The molecule has 2 saturated carbocycles. The van der Waals surface area contributed by atoms with E-state index in [2.05, 4.69) is 13.8 Å². The molecule has 0 unspecified atom stereocenters. The Balaban J connectivity index is 0.00000289. The lowest BCUT2D eigenvalue weighted by molar-refractivity contribution is -0.201. The van der Waals surface area contributed by atoms with Crippen molar-refractivity contribution in [2.75, 3.05) is 6.61 Å². The predicted molar refractivity (Wildman–Crippen MR) is 142 cm³/mol. The minimum Gasteiger partial charge on any atom is -0.451 e. The predicted octanol–water partition coefficient (Wildman–Crippen LogP) is 4.88. The molecule has 35 heavy (non-hydrogen) atoms. The first-order valence-corrected chi connectivity index (χ1v) is 11.2. The molecule has 0 aliphatic heterocycles. The van der Waals surface area contributed by atoms with Gasteiger partial charge in [-0.2, -0.15) is 0 Å². The molecular formula is C29H50O6. The maximum absolute atomic E-state index is 14.2. The first-order chi connectivity index (χ1) is 14.4. The topological polar surface area (TPSA) is 104 Å². The normalized spacial score (nSPS) is 40.4. The molecule has 4 aliphatic carbocycles. The van der Waals surface area contributed by atoms with Crippen molar-refractivity contribution in [1.82, 2.24) is 0 Å². The van der Waals surface area contributed by atoms with E-state index in [0.717, 1.165) is 6.42 Å². The average molecular weight is 495 g/mol. The van der Waals surface area contributed by atoms with Crippen molar-refractivity contribution in [3.63, 3.8) is 0 Å². The quantitative estimate of drug-likeness (QED) is 0.294. The summed E-state index contributed by atoms with van der Waals surface area (Å²) < 4.78 is 5.72. The molecule has 202 valence electrons. The number of fused-ring (bicyclic) bond motifs is 3. The number of ketones is 1. The molecule has 4 rings (SSSR count). The Kier molecular flexibility index (Phi) is 9.79. The van der Waals surface area contributed by atoms with Gasteiger partial charge in [0.1, 0.15) is 6.10 Å². The van der Waals surface area contributed by atoms with Crippen molar-refractivity contribution >= 4 is 11.8 Å². The van der Waals surface area contributed by atoms with Crippen molar-refractivity contribution in [3.05, 3.63) is 34.9 Å². The molecule has 0 aromatic rings. The van der Waals surface area contributed by atoms with Crippen LogP contribution in [0.2, 0.25) is 0 Å². The second-order valence-corrected chi connectivity index (χ2v) is 10.6. The van der Waals surface area contributed by atoms with Crippen molar-refractivity contribution in [2.45, 2.75) is 95.5 Å². The maximum Gasteiger partial charge on any atom is 0.334 e. The van der Waals surface area contributed by atoms with E-state index in [1.54, 1.807) is 39.0 Å². The summed E-state index contributed by atoms with van der Waals surface area (Å²) in [4.78, 5) is 26.8. The van der Waals surface area contributed by atoms with E-state index >= 15 is 0 Å². The van der Waals surface area contributed by atoms with Gasteiger partial charge in [-0.25, -0.2) is 4.79 Å². The van der Waals surface area contributed by atoms with E-state index in [1.807, 2.05) is 6.92 Å². The molecular weight excluding hydrogens is 444 g/mol. The van der Waals surface area contributed by atoms with E-state index in [9.17, 15) is 24.9 Å². The molecule has 8 atom stereocenters. The van der Waals surface area contributed by atoms with Gasteiger partial charge in [0.2, 0.25) is 0 Å². The Morgan fingerprint density at radius 1 is 1.23 bits per heavy atom. The average Bonchev–Trinajstić information content (AvgIpc) is 3.21. The largest absolute Gasteiger partial charge is 0.451 e. The fourth-order valence-electron chi connectivity index (χ4n) is 6.91. The summed E-state index contributed by atoms with van der Waals surface area (Å²) in [6.45, 7) is 10.8. The molecule has 0 heterocycles. The summed E-state index contributed by atoms with van der Waals surface area (Å²) in [5.41, 5.74) is -2.36. The highest BCUT2D eigenvalue weighted by atomic mass is 16.6. The Labute approximate surface area is 213 Å². The molecule has 1 spiro atoms. The summed E-state index contributed by atoms with van der Waals surface area (Å²) in [7, 11) is 0. The van der Waals surface area contributed by atoms with Crippen molar-refractivity contribution in [1.29, 1.82) is 0 Å². The van der Waals surface area contributed by atoms with Crippen LogP contribution in [-0.4, -0.2) is 51.5 Å². The van der Waals surface area contributed by atoms with Gasteiger partial charge in [0.05, 0.1) is 12.0 Å². The van der Waals surface area contributed by atoms with Gasteiger partial charge in [0, 0.05) is 11.5 Å². The number of Topliss-reactive ketones (excluding diaryl/α,β-unsaturated/α-hetero) is 1. The molecule has 0 saturated heterocycles. The number of carbonyl (C=O) groups is 2. The fraction of sp³-hybridized carbons (Fsp3) is 0.724. The minimum absolute atomic E-state index is 0. The summed E-state index contributed by atoms with van der Waals surface area (Å²) in [5.74, 6) is -1.13. The Hall–Kier alpha value is -1.76. The lowest BCUT2D eigenvalue weighted by atomic mass is 9.59. The van der Waals surface area contributed by atoms with Crippen LogP contribution in [0.15, 0.2) is 34.9 Å². The summed E-state index contributed by atoms with van der Waals surface area (Å²) in [6, 6.07) is 0. The molecule has 0 amide bonds. The molecule has 6 nitrogen and oxygen atoms in total. The Morgan fingerprint density at radius 2 is 1.80 bits per heavy atom. The number of allylic oxidation sites excluding steroid dienone is 2. The highest BCUT2D eigenvalue weighted by Gasteiger charge is 2.76. The molecule has 0 radical (unpaired) electrons. The SMILES string of the molecule is C.C.C.C.C/C=C(/C)C(=O)O[C@H]1C(C)=C[C@]23C(=O)[C@@H](C=C(CO)[C@@H](O)[C@]12O)[C@H]1[C@@H](C[C@H]3C)C1(C)C. The van der Waals surface area contributed by atoms with Gasteiger partial charge in [0.25, 0.3) is 0 Å². The maximum atomic E-state index is 14.2. The van der Waals surface area contributed by atoms with Gasteiger partial charge in [0.15, 0.2) is 17.5 Å². The highest BCUT2D eigenvalue weighted by Crippen LogP contribution is 2.71. The van der Waals surface area contributed by atoms with Crippen LogP contribution in [0.1, 0.15) is 77.7 Å². The molecule has 0 aromatic carbocycles. The third kappa shape index (κ3) is 3.96. The molecule has 6 heteroatoms. The Bertz CT molecular complexity index is 927.